The fraction of sp³-hybridized carbons (Fsp3) is 0.458. The number of phenols is 2. The number of ether oxygens (including phenoxy) is 10. The van der Waals surface area contributed by atoms with Crippen molar-refractivity contribution in [3.63, 3.8) is 0 Å². The summed E-state index contributed by atoms with van der Waals surface area (Å²) >= 11 is 14.7. The second-order valence-corrected chi connectivity index (χ2v) is 32.6. The SMILES string of the molecule is CC1OC(OC2[C@@H](Oc3c4cc5cc3Oc3ccc(cc3Cl)[C@@H](OC3CC(N)C(O)C(C)O3)[C@@H]3NC(=O)[C@H](NC(=O)[C@@H]5NC(=O)[C@H](Cc5ccccc5)NC(=O)[C@H](NC(=O)[C@H](N)c5ccc(O)cc5)[C@H](O)C5=CC(Cl)=C(CC5)O4)C4=CC=C(O)C(C4)c4c(OC5OC(CO)C(O)C(O)C5O)cc(O)cc4[C@@H](C(=O)O)NC3=O)OC(CO)C(O)[C@@H]2O)CC(N)C1O. The van der Waals surface area contributed by atoms with Gasteiger partial charge in [0.25, 0.3) is 0 Å². The summed E-state index contributed by atoms with van der Waals surface area (Å²) in [4.78, 5) is 110. The van der Waals surface area contributed by atoms with Crippen LogP contribution in [-0.2, 0) is 68.4 Å². The molecule has 4 fully saturated rings. The number of carbonyl (C=O) groups is 7. The first-order chi connectivity index (χ1) is 59.5. The van der Waals surface area contributed by atoms with E-state index in [1.165, 1.54) is 62.4 Å². The monoisotopic (exact) mass is 1780 g/mol. The van der Waals surface area contributed by atoms with E-state index in [-0.39, 0.29) is 64.5 Å². The van der Waals surface area contributed by atoms with Crippen molar-refractivity contribution in [2.24, 2.45) is 17.2 Å². The second-order valence-electron chi connectivity index (χ2n) is 31.8. The van der Waals surface area contributed by atoms with Crippen LogP contribution in [0, 0.1) is 0 Å². The summed E-state index contributed by atoms with van der Waals surface area (Å²) in [6, 6.07) is 3.68. The van der Waals surface area contributed by atoms with Crippen molar-refractivity contribution in [1.82, 2.24) is 31.9 Å². The number of nitrogens with one attached hydrogen (secondary N) is 6. The minimum absolute atomic E-state index is 0.0162. The van der Waals surface area contributed by atoms with Gasteiger partial charge in [0.15, 0.2) is 36.2 Å². The number of carbonyl (C=O) groups excluding carboxylic acids is 6. The Morgan fingerprint density at radius 3 is 1.87 bits per heavy atom. The largest absolute Gasteiger partial charge is 0.512 e. The number of aliphatic carboxylic acids is 1. The lowest BCUT2D eigenvalue weighted by molar-refractivity contribution is -0.330. The van der Waals surface area contributed by atoms with Gasteiger partial charge in [-0.2, -0.15) is 0 Å². The van der Waals surface area contributed by atoms with E-state index in [4.69, 9.17) is 87.8 Å². The number of nitrogens with two attached hydrogens (primary N) is 3. The predicted molar refractivity (Wildman–Crippen MR) is 429 cm³/mol. The average Bonchev–Trinajstić information content (AvgIpc) is 0.755. The number of carboxylic acid groups (broad SMARTS) is 1. The number of aliphatic hydroxyl groups is 11. The summed E-state index contributed by atoms with van der Waals surface area (Å²) in [6.07, 6.45) is -30.3. The van der Waals surface area contributed by atoms with Gasteiger partial charge in [0.1, 0.15) is 126 Å². The van der Waals surface area contributed by atoms with Gasteiger partial charge in [-0.25, -0.2) is 4.79 Å². The Kier molecular flexibility index (Phi) is 27.8. The van der Waals surface area contributed by atoms with Crippen LogP contribution < -0.4 is 68.0 Å². The molecule has 26 N–H and O–H groups in total. The van der Waals surface area contributed by atoms with Crippen molar-refractivity contribution in [3.8, 4) is 40.2 Å². The van der Waals surface area contributed by atoms with Gasteiger partial charge < -0.3 is 168 Å². The smallest absolute Gasteiger partial charge is 0.330 e. The molecule has 0 spiro atoms. The van der Waals surface area contributed by atoms with Gasteiger partial charge >= 0.3 is 5.97 Å². The summed E-state index contributed by atoms with van der Waals surface area (Å²) in [6.45, 7) is 0.958. The van der Waals surface area contributed by atoms with Crippen LogP contribution in [0.4, 0.5) is 0 Å². The molecule has 672 valence electrons. The summed E-state index contributed by atoms with van der Waals surface area (Å²) in [5.74, 6) is -16.2. The third-order valence-corrected chi connectivity index (χ3v) is 23.9. The maximum atomic E-state index is 16.9. The van der Waals surface area contributed by atoms with E-state index in [2.05, 4.69) is 31.9 Å². The molecule has 42 heteroatoms. The normalized spacial score (nSPS) is 34.2. The van der Waals surface area contributed by atoms with Crippen LogP contribution in [0.5, 0.6) is 40.2 Å². The third kappa shape index (κ3) is 19.4. The Morgan fingerprint density at radius 1 is 0.600 bits per heavy atom. The summed E-state index contributed by atoms with van der Waals surface area (Å²) in [5, 5.41) is 173. The van der Waals surface area contributed by atoms with Crippen molar-refractivity contribution < 1.29 is 152 Å². The van der Waals surface area contributed by atoms with Crippen molar-refractivity contribution in [1.29, 1.82) is 0 Å². The lowest BCUT2D eigenvalue weighted by Crippen LogP contribution is -2.62. The minimum atomic E-state index is -2.41. The van der Waals surface area contributed by atoms with E-state index < -0.39 is 300 Å². The number of allylic oxidation sites excluding steroid dienone is 6. The van der Waals surface area contributed by atoms with Crippen LogP contribution in [-0.4, -0.2) is 267 Å². The van der Waals surface area contributed by atoms with Gasteiger partial charge in [-0.15, -0.1) is 0 Å². The molecule has 11 aliphatic rings. The molecule has 0 aromatic heterocycles. The number of halogens is 2. The zero-order valence-electron chi connectivity index (χ0n) is 66.5. The molecular weight excluding hydrogens is 1690 g/mol. The Morgan fingerprint density at radius 2 is 1.23 bits per heavy atom. The van der Waals surface area contributed by atoms with E-state index >= 15 is 24.0 Å². The van der Waals surface area contributed by atoms with Crippen LogP contribution >= 0.6 is 23.2 Å². The summed E-state index contributed by atoms with van der Waals surface area (Å²) in [5.41, 5.74) is 17.9. The number of benzene rings is 5. The topological polar surface area (TPSA) is 645 Å². The standard InChI is InChI=1S/C83H95Cl2N9O31/c1-30-64(100)44(86)26-55(116-30)123-72-36-12-17-49(43(85)21-36)119-52-23-37-22-51(73(52)125-83-74(70(106)68(104)54(29-96)122-83)124-56-27-45(87)65(101)31(2)117-56)118-48-16-11-35(20-42(48)84)66(102)62(93-76(109)58(88)33-8-13-38(97)14-9-33)79(112)89-46(18-32-6-4-3-5-7-32)75(108)90-60(37)78(111)91-59-34-10-15-47(99)40(19-34)57-41(61(81(114)115)92-80(113)63(72)94-77(59)110)24-39(98)25-50(57)120-82-71(107)69(105)67(103)53(28-95)121-82/h3-10,12-15,17,20-25,30-31,40,44-46,53-56,58-72,74,82-83,95-107H,11,16,18-19,26-29,86-88H2,1-2H3,(H,89,112)(H,90,108)(H,91,111)(H,92,113)(H,93,109)(H,94,110)(H,114,115)/t30?,31?,40?,44?,45?,46-,53?,54?,55?,56?,58+,59+,60+,61-,62+,63-,64?,65?,66+,67?,68?,69?,70-,71?,72+,74?,82?,83+/m0/s1. The first-order valence-corrected chi connectivity index (χ1v) is 40.8. The molecule has 125 heavy (non-hydrogen) atoms. The molecule has 5 aromatic carbocycles. The van der Waals surface area contributed by atoms with Crippen molar-refractivity contribution in [2.75, 3.05) is 13.2 Å². The molecule has 2 aliphatic carbocycles. The second kappa shape index (κ2) is 38.1. The van der Waals surface area contributed by atoms with E-state index in [1.807, 2.05) is 0 Å². The van der Waals surface area contributed by atoms with Gasteiger partial charge in [0, 0.05) is 55.3 Å². The highest BCUT2D eigenvalue weighted by Crippen LogP contribution is 2.51. The molecule has 0 radical (unpaired) electrons. The Labute approximate surface area is 721 Å². The molecule has 0 saturated carbocycles. The number of hydrogen-bond donors (Lipinski definition) is 23. The molecule has 40 nitrogen and oxygen atoms in total. The number of aliphatic hydroxyl groups excluding tert-OH is 11. The minimum Gasteiger partial charge on any atom is -0.512 e. The zero-order chi connectivity index (χ0) is 89.6. The fourth-order valence-electron chi connectivity index (χ4n) is 16.4. The van der Waals surface area contributed by atoms with Crippen LogP contribution in [0.1, 0.15) is 109 Å². The number of phenolic OH excluding ortho intramolecular Hbond substituents is 2. The van der Waals surface area contributed by atoms with Crippen LogP contribution in [0.25, 0.3) is 0 Å². The first kappa shape index (κ1) is 91.0. The van der Waals surface area contributed by atoms with Crippen LogP contribution in [0.15, 0.2) is 143 Å². The van der Waals surface area contributed by atoms with Crippen molar-refractivity contribution in [3.05, 3.63) is 181 Å². The number of carboxylic acids is 1. The van der Waals surface area contributed by atoms with Crippen molar-refractivity contribution in [2.45, 2.75) is 223 Å². The fourth-order valence-corrected chi connectivity index (χ4v) is 16.9. The van der Waals surface area contributed by atoms with Gasteiger partial charge in [-0.3, -0.25) is 28.8 Å². The van der Waals surface area contributed by atoms with Gasteiger partial charge in [0.05, 0.1) is 47.7 Å². The number of rotatable bonds is 16. The molecule has 17 unspecified atom stereocenters. The lowest BCUT2D eigenvalue weighted by atomic mass is 9.79. The Hall–Kier alpha value is -10.2. The molecule has 11 bridgehead atoms. The average molecular weight is 1790 g/mol. The predicted octanol–water partition coefficient (Wildman–Crippen LogP) is -1.58. The molecule has 5 aromatic rings. The highest BCUT2D eigenvalue weighted by molar-refractivity contribution is 6.32. The van der Waals surface area contributed by atoms with Gasteiger partial charge in [0.2, 0.25) is 53.8 Å². The maximum Gasteiger partial charge on any atom is 0.330 e. The van der Waals surface area contributed by atoms with Gasteiger partial charge in [-0.05, 0) is 120 Å². The molecule has 9 heterocycles. The lowest BCUT2D eigenvalue weighted by Gasteiger charge is -2.44. The van der Waals surface area contributed by atoms with Crippen LogP contribution in [0.2, 0.25) is 5.02 Å². The number of hydrogen-bond acceptors (Lipinski definition) is 33. The van der Waals surface area contributed by atoms with E-state index in [9.17, 15) is 81.1 Å². The molecular formula is C83H95Cl2N9O31. The maximum absolute atomic E-state index is 16.9. The zero-order valence-corrected chi connectivity index (χ0v) is 68.0. The molecule has 9 aliphatic heterocycles. The number of aromatic hydroxyl groups is 2. The van der Waals surface area contributed by atoms with Crippen LogP contribution in [0.3, 0.4) is 0 Å². The van der Waals surface area contributed by atoms with Crippen molar-refractivity contribution >= 4 is 64.6 Å². The van der Waals surface area contributed by atoms with E-state index in [0.717, 1.165) is 36.4 Å². The molecule has 28 atom stereocenters. The Balaban J connectivity index is 1.00. The summed E-state index contributed by atoms with van der Waals surface area (Å²) < 4.78 is 64.0. The van der Waals surface area contributed by atoms with Gasteiger partial charge in [-0.1, -0.05) is 77.8 Å². The van der Waals surface area contributed by atoms with E-state index in [1.54, 1.807) is 30.3 Å². The number of fused-ring (bicyclic) bond motifs is 15. The number of amides is 6. The molecule has 4 saturated heterocycles. The quantitative estimate of drug-likeness (QED) is 0.0530. The molecule has 6 amide bonds. The third-order valence-electron chi connectivity index (χ3n) is 23.3. The summed E-state index contributed by atoms with van der Waals surface area (Å²) in [7, 11) is 0. The highest BCUT2D eigenvalue weighted by atomic mass is 35.5. The first-order valence-electron chi connectivity index (χ1n) is 40.0. The van der Waals surface area contributed by atoms with E-state index in [0.29, 0.717) is 5.56 Å². The molecule has 16 rings (SSSR count). The highest BCUT2D eigenvalue weighted by Gasteiger charge is 2.53. The Bertz CT molecular complexity index is 5010.